The van der Waals surface area contributed by atoms with Crippen molar-refractivity contribution in [1.82, 2.24) is 0 Å². The third-order valence-electron chi connectivity index (χ3n) is 1.54. The minimum Gasteiger partial charge on any atom is -0.506 e. The lowest BCUT2D eigenvalue weighted by Crippen LogP contribution is -2.04. The number of ketones is 1. The number of phenolic OH excluding ortho intramolecular Hbond substituents is 1. The number of hydrogen-bond donors (Lipinski definition) is 2. The molecular weight excluding hydrogens is 257 g/mol. The molecule has 0 aliphatic heterocycles. The Bertz CT molecular complexity index is 354. The highest BCUT2D eigenvalue weighted by Gasteiger charge is 2.11. The fraction of sp³-hybridized carbons (Fsp3) is 0.125. The van der Waals surface area contributed by atoms with Crippen LogP contribution in [-0.4, -0.2) is 16.2 Å². The average Bonchev–Trinajstić information content (AvgIpc) is 2.10. The lowest BCUT2D eigenvalue weighted by molar-refractivity contribution is 0.102. The molecule has 0 amide bonds. The first kappa shape index (κ1) is 10.3. The van der Waals surface area contributed by atoms with Crippen LogP contribution < -0.4 is 5.73 Å². The molecule has 5 heteroatoms. The number of benzene rings is 1. The minimum atomic E-state index is -0.167. The predicted octanol–water partition coefficient (Wildman–Crippen LogP) is 2.21. The zero-order valence-corrected chi connectivity index (χ0v) is 8.89. The quantitative estimate of drug-likeness (QED) is 0.489. The first-order valence-corrected chi connectivity index (χ1v) is 4.93. The fourth-order valence-corrected chi connectivity index (χ4v) is 1.36. The number of halogens is 2. The van der Waals surface area contributed by atoms with Gasteiger partial charge >= 0.3 is 0 Å². The Morgan fingerprint density at radius 3 is 2.77 bits per heavy atom. The molecule has 0 heterocycles. The van der Waals surface area contributed by atoms with Crippen LogP contribution in [0.25, 0.3) is 0 Å². The van der Waals surface area contributed by atoms with Crippen LogP contribution in [0.1, 0.15) is 10.4 Å². The molecule has 3 nitrogen and oxygen atoms in total. The van der Waals surface area contributed by atoms with Crippen molar-refractivity contribution >= 4 is 39.0 Å². The van der Waals surface area contributed by atoms with E-state index in [0.29, 0.717) is 5.56 Å². The van der Waals surface area contributed by atoms with E-state index in [1.165, 1.54) is 12.1 Å². The Balaban J connectivity index is 3.23. The number of carbonyl (C=O) groups is 1. The summed E-state index contributed by atoms with van der Waals surface area (Å²) in [7, 11) is 0. The Hall–Kier alpha value is -0.740. The highest BCUT2D eigenvalue weighted by molar-refractivity contribution is 9.09. The molecule has 0 atom stereocenters. The third kappa shape index (κ3) is 2.14. The molecule has 0 fully saturated rings. The summed E-state index contributed by atoms with van der Waals surface area (Å²) in [4.78, 5) is 11.2. The van der Waals surface area contributed by atoms with Crippen LogP contribution in [0, 0.1) is 0 Å². The molecule has 0 bridgehead atoms. The number of aromatic hydroxyl groups is 1. The molecule has 0 aromatic heterocycles. The highest BCUT2D eigenvalue weighted by atomic mass is 79.9. The van der Waals surface area contributed by atoms with Crippen molar-refractivity contribution in [3.63, 3.8) is 0 Å². The van der Waals surface area contributed by atoms with Crippen LogP contribution >= 0.6 is 27.5 Å². The second-order valence-electron chi connectivity index (χ2n) is 2.45. The summed E-state index contributed by atoms with van der Waals surface area (Å²) in [5.41, 5.74) is 6.05. The number of hydrogen-bond acceptors (Lipinski definition) is 3. The summed E-state index contributed by atoms with van der Waals surface area (Å²) in [6.45, 7) is 0. The van der Waals surface area contributed by atoms with Crippen LogP contribution in [-0.2, 0) is 0 Å². The van der Waals surface area contributed by atoms with Gasteiger partial charge in [-0.3, -0.25) is 4.79 Å². The minimum absolute atomic E-state index is 0.120. The van der Waals surface area contributed by atoms with Gasteiger partial charge in [0.15, 0.2) is 5.78 Å². The molecule has 3 N–H and O–H groups in total. The predicted molar refractivity (Wildman–Crippen MR) is 55.7 cm³/mol. The van der Waals surface area contributed by atoms with E-state index in [4.69, 9.17) is 22.4 Å². The second-order valence-corrected chi connectivity index (χ2v) is 3.42. The van der Waals surface area contributed by atoms with Gasteiger partial charge in [0.2, 0.25) is 0 Å². The number of Topliss-reactive ketones (excluding diaryl/α,β-unsaturated/α-hetero) is 1. The molecule has 0 aliphatic rings. The number of nitrogens with two attached hydrogens (primary N) is 1. The third-order valence-corrected chi connectivity index (χ3v) is 2.35. The van der Waals surface area contributed by atoms with Crippen molar-refractivity contribution in [3.8, 4) is 5.75 Å². The molecule has 0 radical (unpaired) electrons. The molecule has 1 aromatic rings. The number of anilines is 1. The summed E-state index contributed by atoms with van der Waals surface area (Å²) in [6, 6.07) is 2.62. The molecule has 0 saturated heterocycles. The van der Waals surface area contributed by atoms with Gasteiger partial charge in [0.25, 0.3) is 0 Å². The zero-order valence-electron chi connectivity index (χ0n) is 6.55. The highest BCUT2D eigenvalue weighted by Crippen LogP contribution is 2.28. The van der Waals surface area contributed by atoms with Crippen molar-refractivity contribution in [1.29, 1.82) is 0 Å². The van der Waals surface area contributed by atoms with Crippen molar-refractivity contribution in [2.75, 3.05) is 11.1 Å². The molecule has 0 aliphatic carbocycles. The Kier molecular flexibility index (Phi) is 3.17. The van der Waals surface area contributed by atoms with E-state index in [1.807, 2.05) is 0 Å². The topological polar surface area (TPSA) is 63.3 Å². The summed E-state index contributed by atoms with van der Waals surface area (Å²) in [5, 5.41) is 9.45. The molecule has 0 unspecified atom stereocenters. The Morgan fingerprint density at radius 1 is 1.62 bits per heavy atom. The largest absolute Gasteiger partial charge is 0.506 e. The number of rotatable bonds is 2. The van der Waals surface area contributed by atoms with Gasteiger partial charge in [-0.1, -0.05) is 27.5 Å². The normalized spacial score (nSPS) is 10.0. The molecular formula is C8H7BrClNO2. The molecule has 0 spiro atoms. The maximum absolute atomic E-state index is 11.2. The summed E-state index contributed by atoms with van der Waals surface area (Å²) in [6.07, 6.45) is 0. The second kappa shape index (κ2) is 3.98. The van der Waals surface area contributed by atoms with Gasteiger partial charge in [0.1, 0.15) is 5.75 Å². The zero-order chi connectivity index (χ0) is 10.0. The molecule has 0 saturated carbocycles. The standard InChI is InChI=1S/C8H7BrClNO2/c9-3-8(13)4-1-5(10)7(12)2-6(4)11/h1-2,12H,3,11H2. The maximum atomic E-state index is 11.2. The summed E-state index contributed by atoms with van der Waals surface area (Å²) in [5.74, 6) is -0.287. The van der Waals surface area contributed by atoms with Gasteiger partial charge in [-0.15, -0.1) is 0 Å². The molecule has 13 heavy (non-hydrogen) atoms. The van der Waals surface area contributed by atoms with E-state index in [9.17, 15) is 4.79 Å². The van der Waals surface area contributed by atoms with E-state index in [1.54, 1.807) is 0 Å². The van der Waals surface area contributed by atoms with E-state index < -0.39 is 0 Å². The van der Waals surface area contributed by atoms with Gasteiger partial charge in [-0.05, 0) is 6.07 Å². The summed E-state index contributed by atoms with van der Waals surface area (Å²) >= 11 is 8.63. The van der Waals surface area contributed by atoms with Crippen molar-refractivity contribution in [2.45, 2.75) is 0 Å². The molecule has 70 valence electrons. The number of carbonyl (C=O) groups excluding carboxylic acids is 1. The summed E-state index contributed by atoms with van der Waals surface area (Å²) < 4.78 is 0. The maximum Gasteiger partial charge on any atom is 0.175 e. The van der Waals surface area contributed by atoms with Gasteiger partial charge in [0.05, 0.1) is 10.4 Å². The smallest absolute Gasteiger partial charge is 0.175 e. The SMILES string of the molecule is Nc1cc(O)c(Cl)cc1C(=O)CBr. The van der Waals surface area contributed by atoms with Crippen LogP contribution in [0.3, 0.4) is 0 Å². The van der Waals surface area contributed by atoms with Gasteiger partial charge in [-0.2, -0.15) is 0 Å². The first-order valence-electron chi connectivity index (χ1n) is 3.43. The Morgan fingerprint density at radius 2 is 2.23 bits per heavy atom. The Labute approximate surface area is 88.6 Å². The monoisotopic (exact) mass is 263 g/mol. The van der Waals surface area contributed by atoms with Crippen molar-refractivity contribution < 1.29 is 9.90 Å². The molecule has 1 rings (SSSR count). The van der Waals surface area contributed by atoms with Gasteiger partial charge in [-0.25, -0.2) is 0 Å². The van der Waals surface area contributed by atoms with Crippen LogP contribution in [0.15, 0.2) is 12.1 Å². The van der Waals surface area contributed by atoms with Gasteiger partial charge in [0, 0.05) is 17.3 Å². The van der Waals surface area contributed by atoms with E-state index >= 15 is 0 Å². The van der Waals surface area contributed by atoms with E-state index in [2.05, 4.69) is 15.9 Å². The van der Waals surface area contributed by atoms with Crippen molar-refractivity contribution in [3.05, 3.63) is 22.7 Å². The first-order chi connectivity index (χ1) is 6.06. The van der Waals surface area contributed by atoms with Crippen LogP contribution in [0.5, 0.6) is 5.75 Å². The number of nitrogen functional groups attached to an aromatic ring is 1. The van der Waals surface area contributed by atoms with E-state index in [-0.39, 0.29) is 27.6 Å². The number of alkyl halides is 1. The lowest BCUT2D eigenvalue weighted by atomic mass is 10.1. The molecule has 1 aromatic carbocycles. The van der Waals surface area contributed by atoms with E-state index in [0.717, 1.165) is 0 Å². The van der Waals surface area contributed by atoms with Crippen LogP contribution in [0.2, 0.25) is 5.02 Å². The van der Waals surface area contributed by atoms with Crippen molar-refractivity contribution in [2.24, 2.45) is 0 Å². The fourth-order valence-electron chi connectivity index (χ4n) is 0.891. The van der Waals surface area contributed by atoms with Crippen LogP contribution in [0.4, 0.5) is 5.69 Å². The van der Waals surface area contributed by atoms with Gasteiger partial charge < -0.3 is 10.8 Å². The number of phenols is 1. The lowest BCUT2D eigenvalue weighted by Gasteiger charge is -2.04. The average molecular weight is 265 g/mol.